The summed E-state index contributed by atoms with van der Waals surface area (Å²) in [5.41, 5.74) is 23.5. The third kappa shape index (κ3) is 6.14. The SMILES string of the molecule is c1ccc(-c2cccc(N(c3cccc(-c4cccc5c4-c4ccccc4C54c5ccccc5Oc5ccccc54)c3)c3ccccc3-c3ccc4c(c3)C3(c5ccccc5Oc5ccccc53)c3ccccc3-4)c2)cc1. The molecule has 12 aromatic rings. The van der Waals surface area contributed by atoms with Crippen molar-refractivity contribution in [1.29, 1.82) is 0 Å². The Kier molecular flexibility index (Phi) is 9.47. The quantitative estimate of drug-likeness (QED) is 0.166. The molecule has 0 atom stereocenters. The van der Waals surface area contributed by atoms with Gasteiger partial charge in [-0.2, -0.15) is 0 Å². The minimum absolute atomic E-state index is 0.571. The number of fused-ring (bicyclic) bond motifs is 18. The largest absolute Gasteiger partial charge is 0.457 e. The third-order valence-corrected chi connectivity index (χ3v) is 16.8. The van der Waals surface area contributed by atoms with Crippen molar-refractivity contribution >= 4 is 17.1 Å². The first-order valence-electron chi connectivity index (χ1n) is 26.6. The van der Waals surface area contributed by atoms with Gasteiger partial charge in [-0.15, -0.1) is 0 Å². The fourth-order valence-electron chi connectivity index (χ4n) is 13.8. The molecular formula is C74H47NO2. The summed E-state index contributed by atoms with van der Waals surface area (Å²) in [7, 11) is 0. The molecular weight excluding hydrogens is 935 g/mol. The molecule has 16 rings (SSSR count). The van der Waals surface area contributed by atoms with E-state index in [0.717, 1.165) is 84.6 Å². The van der Waals surface area contributed by atoms with Gasteiger partial charge in [-0.25, -0.2) is 0 Å². The number of ether oxygens (including phenoxy) is 2. The third-order valence-electron chi connectivity index (χ3n) is 16.8. The first kappa shape index (κ1) is 43.4. The molecule has 2 aliphatic carbocycles. The lowest BCUT2D eigenvalue weighted by Gasteiger charge is -2.39. The maximum absolute atomic E-state index is 6.73. The summed E-state index contributed by atoms with van der Waals surface area (Å²) in [5.74, 6) is 3.54. The molecule has 2 aliphatic heterocycles. The first-order valence-corrected chi connectivity index (χ1v) is 26.6. The maximum atomic E-state index is 6.73. The Bertz CT molecular complexity index is 4290. The second kappa shape index (κ2) is 16.8. The molecule has 77 heavy (non-hydrogen) atoms. The second-order valence-electron chi connectivity index (χ2n) is 20.6. The summed E-state index contributed by atoms with van der Waals surface area (Å²) in [6.45, 7) is 0. The second-order valence-corrected chi connectivity index (χ2v) is 20.6. The lowest BCUT2D eigenvalue weighted by molar-refractivity contribution is 0.436. The van der Waals surface area contributed by atoms with E-state index in [1.807, 2.05) is 0 Å². The molecule has 0 radical (unpaired) electrons. The molecule has 3 heteroatoms. The van der Waals surface area contributed by atoms with Crippen molar-refractivity contribution in [3.8, 4) is 78.6 Å². The van der Waals surface area contributed by atoms with Crippen molar-refractivity contribution in [2.24, 2.45) is 0 Å². The molecule has 0 amide bonds. The predicted octanol–water partition coefficient (Wildman–Crippen LogP) is 19.1. The molecule has 0 aromatic heterocycles. The number of benzene rings is 12. The van der Waals surface area contributed by atoms with Crippen LogP contribution in [0.5, 0.6) is 23.0 Å². The normalized spacial score (nSPS) is 13.9. The highest BCUT2D eigenvalue weighted by Crippen LogP contribution is 2.65. The van der Waals surface area contributed by atoms with Crippen LogP contribution in [0.4, 0.5) is 17.1 Å². The lowest BCUT2D eigenvalue weighted by atomic mass is 9.66. The molecule has 0 bridgehead atoms. The van der Waals surface area contributed by atoms with Gasteiger partial charge in [0.05, 0.1) is 16.5 Å². The molecule has 2 heterocycles. The zero-order valence-electron chi connectivity index (χ0n) is 41.9. The topological polar surface area (TPSA) is 21.7 Å². The fourth-order valence-corrected chi connectivity index (χ4v) is 13.8. The predicted molar refractivity (Wildman–Crippen MR) is 312 cm³/mol. The van der Waals surface area contributed by atoms with Crippen molar-refractivity contribution in [2.45, 2.75) is 10.8 Å². The van der Waals surface area contributed by atoms with Gasteiger partial charge in [0.1, 0.15) is 23.0 Å². The molecule has 2 spiro atoms. The van der Waals surface area contributed by atoms with Crippen LogP contribution in [0.25, 0.3) is 55.6 Å². The van der Waals surface area contributed by atoms with Crippen LogP contribution >= 0.6 is 0 Å². The van der Waals surface area contributed by atoms with Crippen LogP contribution in [0.2, 0.25) is 0 Å². The van der Waals surface area contributed by atoms with E-state index in [0.29, 0.717) is 0 Å². The Labute approximate surface area is 448 Å². The number of hydrogen-bond acceptors (Lipinski definition) is 3. The van der Waals surface area contributed by atoms with Gasteiger partial charge in [0.15, 0.2) is 0 Å². The zero-order valence-corrected chi connectivity index (χ0v) is 41.9. The highest BCUT2D eigenvalue weighted by molar-refractivity contribution is 5.99. The minimum atomic E-state index is -0.595. The van der Waals surface area contributed by atoms with E-state index in [9.17, 15) is 0 Å². The van der Waals surface area contributed by atoms with Crippen LogP contribution in [0.3, 0.4) is 0 Å². The van der Waals surface area contributed by atoms with E-state index in [4.69, 9.17) is 9.47 Å². The first-order chi connectivity index (χ1) is 38.2. The van der Waals surface area contributed by atoms with Crippen molar-refractivity contribution < 1.29 is 9.47 Å². The van der Waals surface area contributed by atoms with Crippen molar-refractivity contribution in [1.82, 2.24) is 0 Å². The average molecular weight is 982 g/mol. The molecule has 4 aliphatic rings. The van der Waals surface area contributed by atoms with E-state index in [1.165, 1.54) is 55.6 Å². The smallest absolute Gasteiger partial charge is 0.132 e. The molecule has 0 fully saturated rings. The average Bonchev–Trinajstić information content (AvgIpc) is 3.69. The van der Waals surface area contributed by atoms with Gasteiger partial charge in [0.2, 0.25) is 0 Å². The highest BCUT2D eigenvalue weighted by Gasteiger charge is 2.53. The Morgan fingerprint density at radius 3 is 1.26 bits per heavy atom. The Hall–Kier alpha value is -9.96. The van der Waals surface area contributed by atoms with Crippen molar-refractivity contribution in [3.05, 3.63) is 330 Å². The van der Waals surface area contributed by atoms with Crippen LogP contribution in [0, 0.1) is 0 Å². The van der Waals surface area contributed by atoms with Gasteiger partial charge < -0.3 is 14.4 Å². The standard InChI is InChI=1S/C74H47NO2/c1-2-21-48(22-3-1)49-23-18-25-52(45-49)75(53-26-19-24-50(46-53)55-30-20-37-65-72(55)58-29-5-8-32-60(58)73(65)61-33-9-14-39-68(61)76-69-40-15-10-34-62(69)73)67-38-13-6-27-54(67)51-43-44-57-56-28-4-7-31-59(56)74(66(57)47-51)63-35-11-16-41-70(63)77-71-42-17-12-36-64(71)74/h1-47H. The van der Waals surface area contributed by atoms with E-state index >= 15 is 0 Å². The molecule has 0 N–H and O–H groups in total. The van der Waals surface area contributed by atoms with Crippen LogP contribution in [0.1, 0.15) is 44.5 Å². The Balaban J connectivity index is 0.908. The summed E-state index contributed by atoms with van der Waals surface area (Å²) in [4.78, 5) is 2.46. The molecule has 360 valence electrons. The van der Waals surface area contributed by atoms with Crippen LogP contribution in [-0.2, 0) is 10.8 Å². The number of rotatable bonds is 6. The Morgan fingerprint density at radius 1 is 0.234 bits per heavy atom. The molecule has 0 unspecified atom stereocenters. The fraction of sp³-hybridized carbons (Fsp3) is 0.0270. The monoisotopic (exact) mass is 981 g/mol. The maximum Gasteiger partial charge on any atom is 0.132 e. The molecule has 3 nitrogen and oxygen atoms in total. The van der Waals surface area contributed by atoms with Crippen LogP contribution < -0.4 is 14.4 Å². The summed E-state index contributed by atoms with van der Waals surface area (Å²) < 4.78 is 13.4. The van der Waals surface area contributed by atoms with Gasteiger partial charge in [0, 0.05) is 39.2 Å². The van der Waals surface area contributed by atoms with E-state index in [2.05, 4.69) is 290 Å². The zero-order chi connectivity index (χ0) is 50.7. The summed E-state index contributed by atoms with van der Waals surface area (Å²) in [6, 6.07) is 104. The molecule has 0 saturated heterocycles. The van der Waals surface area contributed by atoms with E-state index in [1.54, 1.807) is 0 Å². The summed E-state index contributed by atoms with van der Waals surface area (Å²) >= 11 is 0. The Morgan fingerprint density at radius 2 is 0.636 bits per heavy atom. The van der Waals surface area contributed by atoms with Gasteiger partial charge in [-0.05, 0) is 133 Å². The highest BCUT2D eigenvalue weighted by atomic mass is 16.5. The number of hydrogen-bond donors (Lipinski definition) is 0. The van der Waals surface area contributed by atoms with E-state index < -0.39 is 10.8 Å². The van der Waals surface area contributed by atoms with E-state index in [-0.39, 0.29) is 0 Å². The lowest BCUT2D eigenvalue weighted by Crippen LogP contribution is -2.32. The molecule has 12 aromatic carbocycles. The van der Waals surface area contributed by atoms with Gasteiger partial charge in [-0.3, -0.25) is 0 Å². The number of anilines is 3. The van der Waals surface area contributed by atoms with Crippen LogP contribution in [-0.4, -0.2) is 0 Å². The van der Waals surface area contributed by atoms with Gasteiger partial charge >= 0.3 is 0 Å². The van der Waals surface area contributed by atoms with Crippen molar-refractivity contribution in [2.75, 3.05) is 4.90 Å². The van der Waals surface area contributed by atoms with Crippen molar-refractivity contribution in [3.63, 3.8) is 0 Å². The van der Waals surface area contributed by atoms with Gasteiger partial charge in [-0.1, -0.05) is 224 Å². The molecule has 0 saturated carbocycles. The van der Waals surface area contributed by atoms with Gasteiger partial charge in [0.25, 0.3) is 0 Å². The minimum Gasteiger partial charge on any atom is -0.457 e. The number of para-hydroxylation sites is 5. The summed E-state index contributed by atoms with van der Waals surface area (Å²) in [6.07, 6.45) is 0. The summed E-state index contributed by atoms with van der Waals surface area (Å²) in [5, 5.41) is 0. The number of nitrogens with zero attached hydrogens (tertiary/aromatic N) is 1. The van der Waals surface area contributed by atoms with Crippen LogP contribution in [0.15, 0.2) is 285 Å².